The molecule has 2 aromatic heterocycles. The Kier molecular flexibility index (Phi) is 18.6. The van der Waals surface area contributed by atoms with Gasteiger partial charge in [0.1, 0.15) is 18.2 Å². The van der Waals surface area contributed by atoms with Gasteiger partial charge in [-0.15, -0.1) is 0 Å². The van der Waals surface area contributed by atoms with Crippen molar-refractivity contribution in [1.82, 2.24) is 25.1 Å². The Morgan fingerprint density at radius 2 is 1.73 bits per heavy atom. The molecule has 3 heterocycles. The molecule has 0 aliphatic carbocycles. The molecule has 2 atom stereocenters. The van der Waals surface area contributed by atoms with E-state index in [-0.39, 0.29) is 44.7 Å². The average Bonchev–Trinajstić information content (AvgIpc) is 3.45. The minimum Gasteiger partial charge on any atom is -0.465 e. The van der Waals surface area contributed by atoms with Gasteiger partial charge in [0.15, 0.2) is 0 Å². The van der Waals surface area contributed by atoms with Gasteiger partial charge in [0, 0.05) is 72.7 Å². The maximum absolute atomic E-state index is 14.0. The Labute approximate surface area is 382 Å². The number of pyridine rings is 1. The summed E-state index contributed by atoms with van der Waals surface area (Å²) in [6.45, 7) is 9.79. The maximum atomic E-state index is 14.0. The molecule has 2 aromatic carbocycles. The number of aromatic nitrogens is 2. The Morgan fingerprint density at radius 3 is 2.47 bits per heavy atom. The van der Waals surface area contributed by atoms with Crippen molar-refractivity contribution in [1.29, 1.82) is 0 Å². The van der Waals surface area contributed by atoms with Gasteiger partial charge in [-0.2, -0.15) is 0 Å². The molecule has 0 spiro atoms. The Balaban J connectivity index is 1.12. The number of hydrogen-bond donors (Lipinski definition) is 2. The van der Waals surface area contributed by atoms with E-state index in [9.17, 15) is 24.0 Å². The molecule has 1 aliphatic rings. The van der Waals surface area contributed by atoms with Crippen LogP contribution in [0.4, 0.5) is 10.5 Å². The third-order valence-electron chi connectivity index (χ3n) is 11.2. The summed E-state index contributed by atoms with van der Waals surface area (Å²) in [6, 6.07) is 15.9. The summed E-state index contributed by atoms with van der Waals surface area (Å²) in [5, 5.41) is 8.05. The summed E-state index contributed by atoms with van der Waals surface area (Å²) < 4.78 is 18.5. The van der Waals surface area contributed by atoms with Crippen molar-refractivity contribution in [3.8, 4) is 11.3 Å². The number of nitrogens with one attached hydrogen (secondary N) is 2. The fourth-order valence-corrected chi connectivity index (χ4v) is 8.37. The molecular weight excluding hydrogens is 836 g/mol. The lowest BCUT2D eigenvalue weighted by Crippen LogP contribution is -2.53. The van der Waals surface area contributed by atoms with Gasteiger partial charge >= 0.3 is 18.0 Å². The quantitative estimate of drug-likeness (QED) is 0.0450. The zero-order valence-corrected chi connectivity index (χ0v) is 39.0. The molecule has 0 radical (unpaired) electrons. The maximum Gasteiger partial charge on any atom is 0.410 e. The molecule has 346 valence electrons. The van der Waals surface area contributed by atoms with Crippen LogP contribution in [0.2, 0.25) is 5.02 Å². The van der Waals surface area contributed by atoms with Gasteiger partial charge in [0.05, 0.1) is 24.9 Å². The van der Waals surface area contributed by atoms with Gasteiger partial charge in [-0.05, 0) is 134 Å². The van der Waals surface area contributed by atoms with Crippen LogP contribution in [0.1, 0.15) is 97.1 Å². The first-order valence-electron chi connectivity index (χ1n) is 22.6. The minimum absolute atomic E-state index is 0.0857. The number of ether oxygens (including phenoxy) is 3. The van der Waals surface area contributed by atoms with E-state index in [4.69, 9.17) is 25.8 Å². The monoisotopic (exact) mass is 900 g/mol. The van der Waals surface area contributed by atoms with Crippen LogP contribution in [0.15, 0.2) is 67.0 Å². The van der Waals surface area contributed by atoms with E-state index in [2.05, 4.69) is 33.3 Å². The summed E-state index contributed by atoms with van der Waals surface area (Å²) in [5.74, 6) is -1.41. The molecule has 0 fully saturated rings. The number of anilines is 1. The first-order valence-corrected chi connectivity index (χ1v) is 23.0. The van der Waals surface area contributed by atoms with Crippen molar-refractivity contribution in [3.05, 3.63) is 83.1 Å². The second-order valence-electron chi connectivity index (χ2n) is 17.1. The van der Waals surface area contributed by atoms with E-state index in [1.165, 1.54) is 10.5 Å². The van der Waals surface area contributed by atoms with Crippen molar-refractivity contribution in [2.45, 2.75) is 117 Å². The van der Waals surface area contributed by atoms with Crippen molar-refractivity contribution in [3.63, 3.8) is 0 Å². The Bertz CT molecular complexity index is 2210. The Morgan fingerprint density at radius 1 is 0.953 bits per heavy atom. The zero-order valence-electron chi connectivity index (χ0n) is 38.3. The number of hydrogen-bond acceptors (Lipinski definition) is 10. The first-order chi connectivity index (χ1) is 30.7. The molecular formula is C49H65ClN6O8. The van der Waals surface area contributed by atoms with E-state index in [0.717, 1.165) is 47.0 Å². The van der Waals surface area contributed by atoms with Crippen molar-refractivity contribution < 1.29 is 38.2 Å². The topological polar surface area (TPSA) is 161 Å². The molecule has 5 rings (SSSR count). The lowest BCUT2D eigenvalue weighted by molar-refractivity contribution is -0.146. The van der Waals surface area contributed by atoms with Crippen LogP contribution in [-0.4, -0.2) is 101 Å². The Hall–Kier alpha value is -5.47. The highest BCUT2D eigenvalue weighted by Crippen LogP contribution is 2.35. The second kappa shape index (κ2) is 24.0. The molecule has 14 nitrogen and oxygen atoms in total. The minimum atomic E-state index is -0.803. The lowest BCUT2D eigenvalue weighted by atomic mass is 10.00. The molecule has 64 heavy (non-hydrogen) atoms. The fraction of sp³-hybridized carbons (Fsp3) is 0.510. The molecule has 0 unspecified atom stereocenters. The molecule has 0 bridgehead atoms. The third kappa shape index (κ3) is 14.0. The van der Waals surface area contributed by atoms with Crippen molar-refractivity contribution >= 4 is 58.0 Å². The normalized spacial score (nSPS) is 14.4. The lowest BCUT2D eigenvalue weighted by Gasteiger charge is -2.28. The molecule has 15 heteroatoms. The summed E-state index contributed by atoms with van der Waals surface area (Å²) in [5.41, 5.74) is 5.32. The summed E-state index contributed by atoms with van der Waals surface area (Å²) in [4.78, 5) is 73.4. The summed E-state index contributed by atoms with van der Waals surface area (Å²) >= 11 is 6.42. The fourth-order valence-electron chi connectivity index (χ4n) is 8.20. The highest BCUT2D eigenvalue weighted by molar-refractivity contribution is 6.31. The number of aryl methyl sites for hydroxylation is 3. The van der Waals surface area contributed by atoms with Crippen LogP contribution in [0, 0.1) is 0 Å². The molecule has 4 aromatic rings. The number of rotatable bonds is 22. The number of fused-ring (bicyclic) bond motifs is 2. The highest BCUT2D eigenvalue weighted by Gasteiger charge is 2.35. The number of unbranched alkanes of at least 4 members (excludes halogenated alkanes) is 3. The van der Waals surface area contributed by atoms with Gasteiger partial charge in [0.2, 0.25) is 11.8 Å². The molecule has 1 aliphatic heterocycles. The third-order valence-corrected chi connectivity index (χ3v) is 11.4. The smallest absolute Gasteiger partial charge is 0.410 e. The van der Waals surface area contributed by atoms with E-state index in [1.807, 2.05) is 54.7 Å². The predicted molar refractivity (Wildman–Crippen MR) is 249 cm³/mol. The van der Waals surface area contributed by atoms with Crippen molar-refractivity contribution in [2.75, 3.05) is 44.3 Å². The van der Waals surface area contributed by atoms with E-state index < -0.39 is 35.7 Å². The number of amides is 3. The van der Waals surface area contributed by atoms with Gasteiger partial charge in [-0.1, -0.05) is 36.2 Å². The van der Waals surface area contributed by atoms with Crippen LogP contribution in [-0.2, 0) is 53.3 Å². The van der Waals surface area contributed by atoms with Gasteiger partial charge in [-0.3, -0.25) is 34.4 Å². The molecule has 2 N–H and O–H groups in total. The number of halogens is 1. The van der Waals surface area contributed by atoms with E-state index >= 15 is 0 Å². The van der Waals surface area contributed by atoms with Crippen LogP contribution < -0.4 is 15.5 Å². The highest BCUT2D eigenvalue weighted by atomic mass is 35.5. The standard InChI is InChI=1S/C49H65ClN6O8/c1-7-62-44(58)33-56-41-21-13-12-17-34(41)23-25-39(46(56)59)53-40(47(60)63-8-2)20-14-15-29-55(48(61)64-49(3,4)5)30-28-52-43(57)22-11-9-10-19-37-38-31-36(50)24-26-42(38)54(6)45(37)35-18-16-27-51-32-35/h12-13,16-18,21,24,26-27,31-32,39-40,53H,7-11,14-15,19-20,22-23,25,28-30,33H2,1-6H3,(H,52,57)/t39-,40-/m0/s1. The first kappa shape index (κ1) is 49.5. The molecule has 0 saturated carbocycles. The van der Waals surface area contributed by atoms with Crippen molar-refractivity contribution in [2.24, 2.45) is 7.05 Å². The number of para-hydroxylation sites is 1. The molecule has 0 saturated heterocycles. The number of carbonyl (C=O) groups is 5. The predicted octanol–water partition coefficient (Wildman–Crippen LogP) is 7.95. The van der Waals surface area contributed by atoms with E-state index in [1.54, 1.807) is 45.7 Å². The average molecular weight is 902 g/mol. The SMILES string of the molecule is CCOC(=O)CN1C(=O)[C@@H](N[C@@H](CCCCN(CCNC(=O)CCCCCc2c(-c3cccnc3)n(C)c3ccc(Cl)cc23)C(=O)OC(C)(C)C)C(=O)OCC)CCc2ccccc21. The molecule has 3 amide bonds. The number of carbonyl (C=O) groups excluding carboxylic acids is 5. The van der Waals surface area contributed by atoms with Gasteiger partial charge < -0.3 is 29.0 Å². The van der Waals surface area contributed by atoms with Crippen LogP contribution in [0.25, 0.3) is 22.2 Å². The van der Waals surface area contributed by atoms with Crippen LogP contribution in [0.5, 0.6) is 0 Å². The zero-order chi connectivity index (χ0) is 46.2. The second-order valence-corrected chi connectivity index (χ2v) is 17.5. The van der Waals surface area contributed by atoms with Crippen LogP contribution in [0.3, 0.4) is 0 Å². The van der Waals surface area contributed by atoms with E-state index in [0.29, 0.717) is 62.2 Å². The van der Waals surface area contributed by atoms with Gasteiger partial charge in [-0.25, -0.2) is 4.79 Å². The largest absolute Gasteiger partial charge is 0.465 e. The summed E-state index contributed by atoms with van der Waals surface area (Å²) in [6.07, 6.45) is 9.16. The van der Waals surface area contributed by atoms with Crippen LogP contribution >= 0.6 is 11.6 Å². The summed E-state index contributed by atoms with van der Waals surface area (Å²) in [7, 11) is 2.06. The number of benzene rings is 2. The number of esters is 2. The number of nitrogens with zero attached hydrogens (tertiary/aromatic N) is 4. The van der Waals surface area contributed by atoms with Gasteiger partial charge in [0.25, 0.3) is 0 Å².